The summed E-state index contributed by atoms with van der Waals surface area (Å²) < 4.78 is 0. The van der Waals surface area contributed by atoms with Gasteiger partial charge in [0.25, 0.3) is 6.29 Å². The molecule has 0 fully saturated rings. The molecule has 1 radical (unpaired) electrons. The lowest BCUT2D eigenvalue weighted by Crippen LogP contribution is -2.04. The highest BCUT2D eigenvalue weighted by Crippen LogP contribution is 2.11. The van der Waals surface area contributed by atoms with Gasteiger partial charge >= 0.3 is 0 Å². The molecule has 0 bridgehead atoms. The summed E-state index contributed by atoms with van der Waals surface area (Å²) in [6, 6.07) is 0. The van der Waals surface area contributed by atoms with Crippen LogP contribution < -0.4 is 5.73 Å². The molecular formula is C7H6N7O2S. The Bertz CT molecular complexity index is 520. The van der Waals surface area contributed by atoms with Crippen molar-refractivity contribution < 1.29 is 9.63 Å². The monoisotopic (exact) mass is 252 g/mol. The van der Waals surface area contributed by atoms with Crippen LogP contribution in [0.3, 0.4) is 0 Å². The molecule has 0 unspecified atom stereocenters. The van der Waals surface area contributed by atoms with Crippen LogP contribution in [0.4, 0.5) is 5.13 Å². The summed E-state index contributed by atoms with van der Waals surface area (Å²) >= 11 is 1.19. The third-order valence-corrected chi connectivity index (χ3v) is 2.28. The molecular weight excluding hydrogens is 246 g/mol. The van der Waals surface area contributed by atoms with Gasteiger partial charge in [-0.15, -0.1) is 16.4 Å². The smallest absolute Gasteiger partial charge is 0.259 e. The standard InChI is InChI=1S/C7H6N7O2S/c8-7-9-5(3-17-7)4(1-15)12-16-2-6-10-13-14-11-6/h3H,2H2,(H2,8,9)(H,10,11,13,14). The van der Waals surface area contributed by atoms with Crippen LogP contribution in [-0.2, 0) is 16.2 Å². The van der Waals surface area contributed by atoms with Crippen LogP contribution >= 0.6 is 11.3 Å². The number of aromatic amines is 1. The second-order valence-electron chi connectivity index (χ2n) is 2.73. The van der Waals surface area contributed by atoms with E-state index in [0.717, 1.165) is 0 Å². The molecule has 2 aromatic rings. The van der Waals surface area contributed by atoms with Gasteiger partial charge in [0.2, 0.25) is 0 Å². The maximum Gasteiger partial charge on any atom is 0.259 e. The number of nitrogen functional groups attached to an aromatic ring is 1. The van der Waals surface area contributed by atoms with Crippen LogP contribution in [0.1, 0.15) is 11.5 Å². The average molecular weight is 252 g/mol. The Morgan fingerprint density at radius 3 is 3.18 bits per heavy atom. The van der Waals surface area contributed by atoms with Crippen molar-refractivity contribution in [2.75, 3.05) is 5.73 Å². The number of nitrogens with two attached hydrogens (primary N) is 1. The highest BCUT2D eigenvalue weighted by Gasteiger charge is 2.08. The van der Waals surface area contributed by atoms with Crippen molar-refractivity contribution in [3.8, 4) is 0 Å². The van der Waals surface area contributed by atoms with Gasteiger partial charge in [0, 0.05) is 5.38 Å². The Labute approximate surface area is 98.7 Å². The summed E-state index contributed by atoms with van der Waals surface area (Å²) in [4.78, 5) is 19.4. The molecule has 2 rings (SSSR count). The van der Waals surface area contributed by atoms with Gasteiger partial charge in [-0.2, -0.15) is 0 Å². The highest BCUT2D eigenvalue weighted by molar-refractivity contribution is 7.13. The van der Waals surface area contributed by atoms with Crippen molar-refractivity contribution in [2.24, 2.45) is 5.16 Å². The second kappa shape index (κ2) is 5.12. The number of rotatable bonds is 5. The number of anilines is 1. The van der Waals surface area contributed by atoms with E-state index in [0.29, 0.717) is 16.6 Å². The van der Waals surface area contributed by atoms with E-state index in [1.165, 1.54) is 11.3 Å². The van der Waals surface area contributed by atoms with Gasteiger partial charge < -0.3 is 10.6 Å². The fraction of sp³-hybridized carbons (Fsp3) is 0.143. The average Bonchev–Trinajstić information content (AvgIpc) is 2.96. The fourth-order valence-electron chi connectivity index (χ4n) is 0.912. The molecule has 0 spiro atoms. The second-order valence-corrected chi connectivity index (χ2v) is 3.62. The maximum absolute atomic E-state index is 10.6. The SMILES string of the molecule is Nc1nc(C([C]=O)=NOCc2nnn[nH]2)cs1. The van der Waals surface area contributed by atoms with Crippen molar-refractivity contribution in [1.29, 1.82) is 0 Å². The predicted molar refractivity (Wildman–Crippen MR) is 57.7 cm³/mol. The number of H-pyrrole nitrogens is 1. The molecule has 0 saturated carbocycles. The van der Waals surface area contributed by atoms with E-state index in [2.05, 4.69) is 30.8 Å². The molecule has 0 saturated heterocycles. The number of nitrogens with zero attached hydrogens (tertiary/aromatic N) is 5. The maximum atomic E-state index is 10.6. The molecule has 0 aliphatic rings. The van der Waals surface area contributed by atoms with E-state index in [9.17, 15) is 4.79 Å². The van der Waals surface area contributed by atoms with Crippen LogP contribution in [0.5, 0.6) is 0 Å². The summed E-state index contributed by atoms with van der Waals surface area (Å²) in [7, 11) is 0. The predicted octanol–water partition coefficient (Wildman–Crippen LogP) is -0.731. The number of hydrogen-bond acceptors (Lipinski definition) is 9. The minimum atomic E-state index is -0.0644. The van der Waals surface area contributed by atoms with Crippen molar-refractivity contribution in [1.82, 2.24) is 25.6 Å². The Balaban J connectivity index is 2.01. The first-order valence-corrected chi connectivity index (χ1v) is 5.19. The van der Waals surface area contributed by atoms with E-state index in [-0.39, 0.29) is 12.3 Å². The molecule has 10 heteroatoms. The number of carbonyl (C=O) groups excluding carboxylic acids is 1. The molecule has 87 valence electrons. The highest BCUT2D eigenvalue weighted by atomic mass is 32.1. The molecule has 3 N–H and O–H groups in total. The number of tetrazole rings is 1. The van der Waals surface area contributed by atoms with Crippen molar-refractivity contribution >= 4 is 28.5 Å². The molecule has 2 aromatic heterocycles. The number of hydrogen-bond donors (Lipinski definition) is 2. The van der Waals surface area contributed by atoms with Gasteiger partial charge in [0.05, 0.1) is 0 Å². The molecule has 0 aromatic carbocycles. The molecule has 2 heterocycles. The molecule has 9 nitrogen and oxygen atoms in total. The number of thiazole rings is 1. The summed E-state index contributed by atoms with van der Waals surface area (Å²) in [6.45, 7) is 0.0117. The number of aromatic nitrogens is 5. The van der Waals surface area contributed by atoms with E-state index in [4.69, 9.17) is 10.6 Å². The lowest BCUT2D eigenvalue weighted by atomic mass is 10.3. The van der Waals surface area contributed by atoms with Gasteiger partial charge in [0.15, 0.2) is 23.3 Å². The summed E-state index contributed by atoms with van der Waals surface area (Å²) in [6.07, 6.45) is 1.61. The normalized spacial score (nSPS) is 11.4. The van der Waals surface area contributed by atoms with Crippen molar-refractivity contribution in [2.45, 2.75) is 6.61 Å². The molecule has 0 aliphatic heterocycles. The van der Waals surface area contributed by atoms with Gasteiger partial charge in [-0.3, -0.25) is 4.79 Å². The lowest BCUT2D eigenvalue weighted by Gasteiger charge is -1.95. The molecule has 0 aliphatic carbocycles. The van der Waals surface area contributed by atoms with Crippen LogP contribution in [-0.4, -0.2) is 37.6 Å². The van der Waals surface area contributed by atoms with Crippen LogP contribution in [0, 0.1) is 0 Å². The summed E-state index contributed by atoms with van der Waals surface area (Å²) in [5.74, 6) is 0.386. The Morgan fingerprint density at radius 1 is 1.71 bits per heavy atom. The van der Waals surface area contributed by atoms with E-state index >= 15 is 0 Å². The molecule has 17 heavy (non-hydrogen) atoms. The fourth-order valence-corrected chi connectivity index (χ4v) is 1.46. The molecule has 0 atom stereocenters. The first-order chi connectivity index (χ1) is 8.29. The third kappa shape index (κ3) is 2.81. The molecule has 0 amide bonds. The minimum Gasteiger partial charge on any atom is -0.387 e. The first kappa shape index (κ1) is 11.1. The van der Waals surface area contributed by atoms with E-state index in [1.54, 1.807) is 11.7 Å². The first-order valence-electron chi connectivity index (χ1n) is 4.31. The zero-order valence-electron chi connectivity index (χ0n) is 8.32. The van der Waals surface area contributed by atoms with Crippen LogP contribution in [0.25, 0.3) is 0 Å². The largest absolute Gasteiger partial charge is 0.387 e. The lowest BCUT2D eigenvalue weighted by molar-refractivity contribution is 0.125. The van der Waals surface area contributed by atoms with Gasteiger partial charge in [-0.25, -0.2) is 10.1 Å². The van der Waals surface area contributed by atoms with Gasteiger partial charge in [-0.05, 0) is 10.4 Å². The van der Waals surface area contributed by atoms with Crippen molar-refractivity contribution in [3.05, 3.63) is 16.9 Å². The zero-order chi connectivity index (χ0) is 12.1. The third-order valence-electron chi connectivity index (χ3n) is 1.61. The van der Waals surface area contributed by atoms with E-state index in [1.807, 2.05) is 0 Å². The Hall–Kier alpha value is -2.36. The van der Waals surface area contributed by atoms with E-state index < -0.39 is 0 Å². The summed E-state index contributed by atoms with van der Waals surface area (Å²) in [5, 5.41) is 18.2. The van der Waals surface area contributed by atoms with Crippen LogP contribution in [0.15, 0.2) is 10.5 Å². The topological polar surface area (TPSA) is 132 Å². The zero-order valence-corrected chi connectivity index (χ0v) is 9.14. The van der Waals surface area contributed by atoms with Crippen molar-refractivity contribution in [3.63, 3.8) is 0 Å². The Morgan fingerprint density at radius 2 is 2.59 bits per heavy atom. The quantitative estimate of drug-likeness (QED) is 0.529. The minimum absolute atomic E-state index is 0.0117. The number of oxime groups is 1. The van der Waals surface area contributed by atoms with Gasteiger partial charge in [-0.1, -0.05) is 5.16 Å². The van der Waals surface area contributed by atoms with Crippen LogP contribution in [0.2, 0.25) is 0 Å². The summed E-state index contributed by atoms with van der Waals surface area (Å²) in [5.41, 5.74) is 5.68. The Kier molecular flexibility index (Phi) is 3.35. The van der Waals surface area contributed by atoms with Gasteiger partial charge in [0.1, 0.15) is 5.69 Å². The number of nitrogens with one attached hydrogen (secondary N) is 1.